The van der Waals surface area contributed by atoms with Crippen molar-refractivity contribution in [1.29, 1.82) is 0 Å². The van der Waals surface area contributed by atoms with Crippen LogP contribution in [0.2, 0.25) is 0 Å². The molecule has 114 valence electrons. The molecule has 0 bridgehead atoms. The van der Waals surface area contributed by atoms with Gasteiger partial charge < -0.3 is 5.11 Å². The van der Waals surface area contributed by atoms with Gasteiger partial charge in [-0.25, -0.2) is 0 Å². The first-order valence-electron chi connectivity index (χ1n) is 7.97. The van der Waals surface area contributed by atoms with Gasteiger partial charge in [0, 0.05) is 25.0 Å². The summed E-state index contributed by atoms with van der Waals surface area (Å²) in [6.07, 6.45) is 4.17. The lowest BCUT2D eigenvalue weighted by atomic mass is 10.0. The number of fused-ring (bicyclic) bond motifs is 1. The van der Waals surface area contributed by atoms with E-state index in [0.29, 0.717) is 0 Å². The molecule has 1 N–H and O–H groups in total. The van der Waals surface area contributed by atoms with E-state index in [1.807, 2.05) is 0 Å². The first kappa shape index (κ1) is 14.5. The van der Waals surface area contributed by atoms with E-state index in [1.165, 1.54) is 10.9 Å². The molecule has 0 radical (unpaired) electrons. The van der Waals surface area contributed by atoms with Crippen molar-refractivity contribution in [1.82, 2.24) is 14.7 Å². The van der Waals surface area contributed by atoms with E-state index in [9.17, 15) is 5.11 Å². The fourth-order valence-corrected chi connectivity index (χ4v) is 3.56. The Morgan fingerprint density at radius 3 is 2.71 bits per heavy atom. The predicted octanol–water partition coefficient (Wildman–Crippen LogP) is 2.79. The topological polar surface area (TPSA) is 41.3 Å². The van der Waals surface area contributed by atoms with E-state index in [2.05, 4.69) is 47.8 Å². The second-order valence-electron chi connectivity index (χ2n) is 6.38. The number of benzene rings is 1. The van der Waals surface area contributed by atoms with Crippen LogP contribution in [0, 0.1) is 0 Å². The average molecular weight is 287 g/mol. The lowest BCUT2D eigenvalue weighted by Gasteiger charge is -2.28. The lowest BCUT2D eigenvalue weighted by molar-refractivity contribution is 0.0143. The third kappa shape index (κ3) is 2.97. The highest BCUT2D eigenvalue weighted by Gasteiger charge is 2.32. The van der Waals surface area contributed by atoms with Gasteiger partial charge >= 0.3 is 0 Å². The van der Waals surface area contributed by atoms with Crippen molar-refractivity contribution >= 4 is 10.9 Å². The van der Waals surface area contributed by atoms with Gasteiger partial charge in [-0.15, -0.1) is 0 Å². The first-order valence-corrected chi connectivity index (χ1v) is 7.97. The highest BCUT2D eigenvalue weighted by atomic mass is 16.3. The standard InChI is InChI=1S/C17H25N3O/c1-3-20-16-9-5-4-8-14(16)15(18-20)12-19(2)13-17(21)10-6-7-11-17/h4-5,8-9,21H,3,6-7,10-13H2,1-2H3. The van der Waals surface area contributed by atoms with E-state index in [1.54, 1.807) is 0 Å². The van der Waals surface area contributed by atoms with Crippen LogP contribution >= 0.6 is 0 Å². The van der Waals surface area contributed by atoms with Crippen molar-refractivity contribution in [2.75, 3.05) is 13.6 Å². The van der Waals surface area contributed by atoms with Gasteiger partial charge in [-0.2, -0.15) is 5.10 Å². The van der Waals surface area contributed by atoms with Gasteiger partial charge in [0.2, 0.25) is 0 Å². The van der Waals surface area contributed by atoms with Crippen LogP contribution in [0.25, 0.3) is 10.9 Å². The first-order chi connectivity index (χ1) is 10.1. The molecule has 0 amide bonds. The normalized spacial score (nSPS) is 17.9. The zero-order valence-electron chi connectivity index (χ0n) is 13.0. The van der Waals surface area contributed by atoms with Crippen LogP contribution in [0.5, 0.6) is 0 Å². The summed E-state index contributed by atoms with van der Waals surface area (Å²) in [7, 11) is 2.08. The highest BCUT2D eigenvalue weighted by Crippen LogP contribution is 2.30. The SMILES string of the molecule is CCn1nc(CN(C)CC2(O)CCCC2)c2ccccc21. The van der Waals surface area contributed by atoms with Gasteiger partial charge in [-0.05, 0) is 32.9 Å². The maximum Gasteiger partial charge on any atom is 0.0843 e. The maximum absolute atomic E-state index is 10.5. The molecule has 4 heteroatoms. The Balaban J connectivity index is 1.78. The van der Waals surface area contributed by atoms with Crippen LogP contribution in [-0.4, -0.2) is 39.0 Å². The van der Waals surface area contributed by atoms with Gasteiger partial charge in [-0.1, -0.05) is 31.0 Å². The zero-order valence-corrected chi connectivity index (χ0v) is 13.0. The number of rotatable bonds is 5. The Morgan fingerprint density at radius 2 is 2.00 bits per heavy atom. The lowest BCUT2D eigenvalue weighted by Crippen LogP contribution is -2.38. The van der Waals surface area contributed by atoms with E-state index in [4.69, 9.17) is 5.10 Å². The molecule has 1 fully saturated rings. The Labute approximate surface area is 126 Å². The molecule has 0 atom stereocenters. The molecule has 1 aliphatic carbocycles. The third-order valence-corrected chi connectivity index (χ3v) is 4.55. The fourth-order valence-electron chi connectivity index (χ4n) is 3.56. The smallest absolute Gasteiger partial charge is 0.0843 e. The minimum Gasteiger partial charge on any atom is -0.389 e. The largest absolute Gasteiger partial charge is 0.389 e. The Bertz CT molecular complexity index is 614. The van der Waals surface area contributed by atoms with Crippen LogP contribution in [0.4, 0.5) is 0 Å². The molecule has 1 aromatic heterocycles. The van der Waals surface area contributed by atoms with Crippen molar-refractivity contribution in [2.24, 2.45) is 0 Å². The van der Waals surface area contributed by atoms with Gasteiger partial charge in [-0.3, -0.25) is 9.58 Å². The molecule has 21 heavy (non-hydrogen) atoms. The molecule has 1 saturated carbocycles. The van der Waals surface area contributed by atoms with Crippen molar-refractivity contribution in [3.8, 4) is 0 Å². The number of para-hydroxylation sites is 1. The minimum atomic E-state index is -0.488. The molecule has 1 aliphatic rings. The van der Waals surface area contributed by atoms with Crippen molar-refractivity contribution < 1.29 is 5.11 Å². The van der Waals surface area contributed by atoms with Crippen LogP contribution in [0.3, 0.4) is 0 Å². The van der Waals surface area contributed by atoms with Gasteiger partial charge in [0.1, 0.15) is 0 Å². The maximum atomic E-state index is 10.5. The summed E-state index contributed by atoms with van der Waals surface area (Å²) in [6, 6.07) is 8.39. The summed E-state index contributed by atoms with van der Waals surface area (Å²) in [5.74, 6) is 0. The number of aliphatic hydroxyl groups is 1. The number of aryl methyl sites for hydroxylation is 1. The highest BCUT2D eigenvalue weighted by molar-refractivity contribution is 5.81. The second kappa shape index (κ2) is 5.78. The molecule has 0 saturated heterocycles. The summed E-state index contributed by atoms with van der Waals surface area (Å²) in [5, 5.41) is 16.5. The molecular weight excluding hydrogens is 262 g/mol. The number of hydrogen-bond acceptors (Lipinski definition) is 3. The molecular formula is C17H25N3O. The van der Waals surface area contributed by atoms with Crippen molar-refractivity contribution in [2.45, 2.75) is 51.3 Å². The van der Waals surface area contributed by atoms with Gasteiger partial charge in [0.25, 0.3) is 0 Å². The zero-order chi connectivity index (χ0) is 14.9. The average Bonchev–Trinajstić information content (AvgIpc) is 3.03. The van der Waals surface area contributed by atoms with Gasteiger partial charge in [0.05, 0.1) is 16.8 Å². The van der Waals surface area contributed by atoms with E-state index < -0.39 is 5.60 Å². The monoisotopic (exact) mass is 287 g/mol. The number of aromatic nitrogens is 2. The van der Waals surface area contributed by atoms with E-state index in [0.717, 1.165) is 51.0 Å². The number of nitrogens with zero attached hydrogens (tertiary/aromatic N) is 3. The molecule has 2 aromatic rings. The predicted molar refractivity (Wildman–Crippen MR) is 85.2 cm³/mol. The summed E-state index contributed by atoms with van der Waals surface area (Å²) in [4.78, 5) is 2.21. The molecule has 3 rings (SSSR count). The Hall–Kier alpha value is -1.39. The van der Waals surface area contributed by atoms with Crippen molar-refractivity contribution in [3.63, 3.8) is 0 Å². The molecule has 0 aliphatic heterocycles. The van der Waals surface area contributed by atoms with Crippen LogP contribution in [0.15, 0.2) is 24.3 Å². The number of likely N-dealkylation sites (N-methyl/N-ethyl adjacent to an activating group) is 1. The quantitative estimate of drug-likeness (QED) is 0.919. The number of hydrogen-bond donors (Lipinski definition) is 1. The van der Waals surface area contributed by atoms with Crippen LogP contribution in [0.1, 0.15) is 38.3 Å². The molecule has 1 aromatic carbocycles. The Kier molecular flexibility index (Phi) is 4.00. The molecule has 0 unspecified atom stereocenters. The summed E-state index contributed by atoms with van der Waals surface area (Å²) >= 11 is 0. The molecule has 1 heterocycles. The second-order valence-corrected chi connectivity index (χ2v) is 6.38. The summed E-state index contributed by atoms with van der Waals surface area (Å²) in [5.41, 5.74) is 1.82. The summed E-state index contributed by atoms with van der Waals surface area (Å²) < 4.78 is 2.06. The molecule has 4 nitrogen and oxygen atoms in total. The third-order valence-electron chi connectivity index (χ3n) is 4.55. The van der Waals surface area contributed by atoms with Crippen LogP contribution in [-0.2, 0) is 13.1 Å². The van der Waals surface area contributed by atoms with Crippen LogP contribution < -0.4 is 0 Å². The molecule has 0 spiro atoms. The fraction of sp³-hybridized carbons (Fsp3) is 0.588. The van der Waals surface area contributed by atoms with Crippen molar-refractivity contribution in [3.05, 3.63) is 30.0 Å². The minimum absolute atomic E-state index is 0.488. The van der Waals surface area contributed by atoms with E-state index in [-0.39, 0.29) is 0 Å². The van der Waals surface area contributed by atoms with E-state index >= 15 is 0 Å². The van der Waals surface area contributed by atoms with Gasteiger partial charge in [0.15, 0.2) is 0 Å². The summed E-state index contributed by atoms with van der Waals surface area (Å²) in [6.45, 7) is 4.53. The Morgan fingerprint density at radius 1 is 1.29 bits per heavy atom.